The predicted octanol–water partition coefficient (Wildman–Crippen LogP) is 4.07. The number of halogens is 2. The Hall–Kier alpha value is -0.980. The second-order valence-corrected chi connectivity index (χ2v) is 6.12. The van der Waals surface area contributed by atoms with Crippen LogP contribution in [0.5, 0.6) is 0 Å². The molecule has 2 rings (SSSR count). The zero-order chi connectivity index (χ0) is 13.7. The maximum absolute atomic E-state index is 13.9. The van der Waals surface area contributed by atoms with Crippen molar-refractivity contribution in [3.05, 3.63) is 40.9 Å². The molecule has 0 aliphatic rings. The molecule has 1 N–H and O–H groups in total. The molecule has 0 radical (unpaired) electrons. The summed E-state index contributed by atoms with van der Waals surface area (Å²) in [6.45, 7) is 3.35. The van der Waals surface area contributed by atoms with E-state index in [4.69, 9.17) is 0 Å². The molecular weight excluding hydrogens is 286 g/mol. The molecule has 1 aromatic carbocycles. The summed E-state index contributed by atoms with van der Waals surface area (Å²) >= 11 is 2.38. The van der Waals surface area contributed by atoms with E-state index in [0.29, 0.717) is 16.4 Å². The fraction of sp³-hybridized carbons (Fsp3) is 0.308. The molecule has 0 amide bonds. The molecule has 102 valence electrons. The molecule has 2 aromatic rings. The number of benzene rings is 1. The molecule has 0 aliphatic carbocycles. The van der Waals surface area contributed by atoms with Gasteiger partial charge in [-0.3, -0.25) is 0 Å². The van der Waals surface area contributed by atoms with Gasteiger partial charge >= 0.3 is 0 Å². The first-order chi connectivity index (χ1) is 9.20. The van der Waals surface area contributed by atoms with Gasteiger partial charge in [0.25, 0.3) is 0 Å². The van der Waals surface area contributed by atoms with Crippen LogP contribution >= 0.6 is 23.1 Å². The molecule has 0 aliphatic heterocycles. The quantitative estimate of drug-likeness (QED) is 0.814. The Kier molecular flexibility index (Phi) is 5.30. The minimum Gasteiger partial charge on any atom is -0.313 e. The van der Waals surface area contributed by atoms with Gasteiger partial charge in [0, 0.05) is 18.1 Å². The summed E-state index contributed by atoms with van der Waals surface area (Å²) in [5, 5.41) is 4.90. The Labute approximate surface area is 119 Å². The van der Waals surface area contributed by atoms with Crippen LogP contribution in [0.25, 0.3) is 0 Å². The van der Waals surface area contributed by atoms with Crippen LogP contribution < -0.4 is 5.32 Å². The maximum atomic E-state index is 13.9. The molecule has 6 heteroatoms. The highest BCUT2D eigenvalue weighted by Gasteiger charge is 2.13. The molecular formula is C13H14F2N2S2. The Balaban J connectivity index is 2.12. The highest BCUT2D eigenvalue weighted by atomic mass is 32.2. The van der Waals surface area contributed by atoms with Crippen molar-refractivity contribution in [3.63, 3.8) is 0 Å². The lowest BCUT2D eigenvalue weighted by Crippen LogP contribution is -2.14. The summed E-state index contributed by atoms with van der Waals surface area (Å²) < 4.78 is 28.4. The monoisotopic (exact) mass is 300 g/mol. The van der Waals surface area contributed by atoms with Gasteiger partial charge in [-0.05, 0) is 30.7 Å². The van der Waals surface area contributed by atoms with Gasteiger partial charge in [-0.1, -0.05) is 18.7 Å². The summed E-state index contributed by atoms with van der Waals surface area (Å²) in [5.74, 6) is -1.07. The normalized spacial score (nSPS) is 10.9. The molecule has 19 heavy (non-hydrogen) atoms. The fourth-order valence-corrected chi connectivity index (χ4v) is 3.14. The van der Waals surface area contributed by atoms with E-state index in [1.54, 1.807) is 11.6 Å². The smallest absolute Gasteiger partial charge is 0.154 e. The van der Waals surface area contributed by atoms with Crippen molar-refractivity contribution in [1.29, 1.82) is 0 Å². The van der Waals surface area contributed by atoms with Crippen LogP contribution in [0.4, 0.5) is 8.78 Å². The first-order valence-corrected chi connectivity index (χ1v) is 7.66. The summed E-state index contributed by atoms with van der Waals surface area (Å²) in [4.78, 5) is 4.02. The van der Waals surface area contributed by atoms with Gasteiger partial charge in [0.2, 0.25) is 0 Å². The first kappa shape index (κ1) is 14.4. The summed E-state index contributed by atoms with van der Waals surface area (Å²) in [7, 11) is 0. The van der Waals surface area contributed by atoms with Crippen LogP contribution in [0.15, 0.2) is 32.9 Å². The Morgan fingerprint density at radius 1 is 1.32 bits per heavy atom. The number of hydrogen-bond donors (Lipinski definition) is 1. The number of aromatic nitrogens is 1. The van der Waals surface area contributed by atoms with Gasteiger partial charge < -0.3 is 5.32 Å². The number of hydrogen-bond acceptors (Lipinski definition) is 4. The van der Waals surface area contributed by atoms with Gasteiger partial charge in [0.1, 0.15) is 11.6 Å². The third-order valence-corrected chi connectivity index (χ3v) is 4.39. The standard InChI is InChI=1S/C13H14F2N2S2/c1-2-3-16-8-9-6-10(14)12(11(15)7-9)19-13-17-4-5-18-13/h4-7,16H,2-3,8H2,1H3. The van der Waals surface area contributed by atoms with Crippen molar-refractivity contribution in [2.75, 3.05) is 6.54 Å². The summed E-state index contributed by atoms with van der Waals surface area (Å²) in [6, 6.07) is 2.75. The van der Waals surface area contributed by atoms with E-state index >= 15 is 0 Å². The fourth-order valence-electron chi connectivity index (χ4n) is 1.57. The Bertz CT molecular complexity index is 506. The van der Waals surface area contributed by atoms with E-state index in [0.717, 1.165) is 24.7 Å². The lowest BCUT2D eigenvalue weighted by Gasteiger charge is -2.07. The van der Waals surface area contributed by atoms with Crippen LogP contribution in [0.2, 0.25) is 0 Å². The predicted molar refractivity (Wildman–Crippen MR) is 74.6 cm³/mol. The largest absolute Gasteiger partial charge is 0.313 e. The van der Waals surface area contributed by atoms with Gasteiger partial charge in [0.05, 0.1) is 4.90 Å². The van der Waals surface area contributed by atoms with E-state index in [9.17, 15) is 8.78 Å². The third-order valence-electron chi connectivity index (χ3n) is 2.41. The van der Waals surface area contributed by atoms with E-state index < -0.39 is 11.6 Å². The van der Waals surface area contributed by atoms with Crippen molar-refractivity contribution in [1.82, 2.24) is 10.3 Å². The van der Waals surface area contributed by atoms with Gasteiger partial charge in [-0.25, -0.2) is 13.8 Å². The zero-order valence-electron chi connectivity index (χ0n) is 10.5. The third kappa shape index (κ3) is 3.99. The molecule has 1 aromatic heterocycles. The zero-order valence-corrected chi connectivity index (χ0v) is 12.1. The Morgan fingerprint density at radius 2 is 2.05 bits per heavy atom. The minimum absolute atomic E-state index is 0.00851. The average molecular weight is 300 g/mol. The number of nitrogens with one attached hydrogen (secondary N) is 1. The SMILES string of the molecule is CCCNCc1cc(F)c(Sc2nccs2)c(F)c1. The van der Waals surface area contributed by atoms with Crippen molar-refractivity contribution >= 4 is 23.1 Å². The molecule has 0 saturated carbocycles. The van der Waals surface area contributed by atoms with E-state index in [-0.39, 0.29) is 4.90 Å². The highest BCUT2D eigenvalue weighted by Crippen LogP contribution is 2.33. The number of nitrogens with zero attached hydrogens (tertiary/aromatic N) is 1. The minimum atomic E-state index is -0.534. The lowest BCUT2D eigenvalue weighted by atomic mass is 10.2. The van der Waals surface area contributed by atoms with E-state index in [1.807, 2.05) is 6.92 Å². The van der Waals surface area contributed by atoms with Crippen LogP contribution in [0.3, 0.4) is 0 Å². The molecule has 0 fully saturated rings. The van der Waals surface area contributed by atoms with Crippen molar-refractivity contribution in [3.8, 4) is 0 Å². The molecule has 2 nitrogen and oxygen atoms in total. The number of rotatable bonds is 6. The van der Waals surface area contributed by atoms with Crippen LogP contribution in [0.1, 0.15) is 18.9 Å². The molecule has 0 saturated heterocycles. The second-order valence-electron chi connectivity index (χ2n) is 3.97. The average Bonchev–Trinajstić information content (AvgIpc) is 2.87. The highest BCUT2D eigenvalue weighted by molar-refractivity contribution is 8.01. The van der Waals surface area contributed by atoms with Crippen LogP contribution in [-0.4, -0.2) is 11.5 Å². The summed E-state index contributed by atoms with van der Waals surface area (Å²) in [6.07, 6.45) is 2.61. The first-order valence-electron chi connectivity index (χ1n) is 5.96. The van der Waals surface area contributed by atoms with Crippen molar-refractivity contribution in [2.24, 2.45) is 0 Å². The van der Waals surface area contributed by atoms with E-state index in [1.165, 1.54) is 23.5 Å². The van der Waals surface area contributed by atoms with Crippen molar-refractivity contribution < 1.29 is 8.78 Å². The van der Waals surface area contributed by atoms with Gasteiger partial charge in [0.15, 0.2) is 4.34 Å². The van der Waals surface area contributed by atoms with E-state index in [2.05, 4.69) is 10.3 Å². The van der Waals surface area contributed by atoms with Crippen molar-refractivity contribution in [2.45, 2.75) is 29.1 Å². The molecule has 1 heterocycles. The lowest BCUT2D eigenvalue weighted by molar-refractivity contribution is 0.534. The molecule has 0 spiro atoms. The molecule has 0 atom stereocenters. The van der Waals surface area contributed by atoms with Gasteiger partial charge in [-0.2, -0.15) is 0 Å². The second kappa shape index (κ2) is 6.98. The molecule has 0 unspecified atom stereocenters. The Morgan fingerprint density at radius 3 is 2.63 bits per heavy atom. The number of thiazole rings is 1. The van der Waals surface area contributed by atoms with Gasteiger partial charge in [-0.15, -0.1) is 11.3 Å². The van der Waals surface area contributed by atoms with Crippen LogP contribution in [-0.2, 0) is 6.54 Å². The summed E-state index contributed by atoms with van der Waals surface area (Å²) in [5.41, 5.74) is 0.618. The maximum Gasteiger partial charge on any atom is 0.154 e. The van der Waals surface area contributed by atoms with Crippen LogP contribution in [0, 0.1) is 11.6 Å². The molecule has 0 bridgehead atoms. The topological polar surface area (TPSA) is 24.9 Å².